The summed E-state index contributed by atoms with van der Waals surface area (Å²) in [5, 5.41) is 15.2. The molecule has 3 atom stereocenters. The van der Waals surface area contributed by atoms with Gasteiger partial charge in [0.15, 0.2) is 6.61 Å². The quantitative estimate of drug-likeness (QED) is 0.576. The van der Waals surface area contributed by atoms with Crippen molar-refractivity contribution < 1.29 is 14.6 Å². The van der Waals surface area contributed by atoms with Crippen LogP contribution in [0.25, 0.3) is 10.8 Å². The third kappa shape index (κ3) is 4.60. The lowest BCUT2D eigenvalue weighted by Gasteiger charge is -2.21. The predicted octanol–water partition coefficient (Wildman–Crippen LogP) is 5.29. The maximum Gasteiger partial charge on any atom is 0.341 e. The van der Waals surface area contributed by atoms with E-state index in [0.717, 1.165) is 19.3 Å². The molecule has 0 bridgehead atoms. The molecular formula is C25H27NO3. The van der Waals surface area contributed by atoms with Crippen LogP contribution in [0.1, 0.15) is 49.3 Å². The molecule has 0 saturated heterocycles. The van der Waals surface area contributed by atoms with E-state index in [1.54, 1.807) is 0 Å². The second-order valence-electron chi connectivity index (χ2n) is 7.92. The van der Waals surface area contributed by atoms with Gasteiger partial charge in [0.25, 0.3) is 0 Å². The van der Waals surface area contributed by atoms with Crippen molar-refractivity contribution in [1.82, 2.24) is 5.32 Å². The molecule has 0 aromatic heterocycles. The molecule has 29 heavy (non-hydrogen) atoms. The number of carbonyl (C=O) groups is 1. The van der Waals surface area contributed by atoms with Gasteiger partial charge in [0, 0.05) is 12.1 Å². The number of rotatable bonds is 7. The molecule has 0 radical (unpaired) electrons. The molecule has 2 N–H and O–H groups in total. The summed E-state index contributed by atoms with van der Waals surface area (Å²) in [5.74, 6) is 0.174. The van der Waals surface area contributed by atoms with Gasteiger partial charge in [-0.15, -0.1) is 0 Å². The Morgan fingerprint density at radius 3 is 2.62 bits per heavy atom. The van der Waals surface area contributed by atoms with Crippen LogP contribution in [-0.2, 0) is 4.79 Å². The summed E-state index contributed by atoms with van der Waals surface area (Å²) in [5.41, 5.74) is 2.65. The summed E-state index contributed by atoms with van der Waals surface area (Å²) < 4.78 is 5.23. The highest BCUT2D eigenvalue weighted by atomic mass is 16.5. The normalized spacial score (nSPS) is 19.9. The lowest BCUT2D eigenvalue weighted by Crippen LogP contribution is -2.29. The molecule has 3 aromatic rings. The van der Waals surface area contributed by atoms with Gasteiger partial charge in [-0.2, -0.15) is 0 Å². The Bertz CT molecular complexity index is 978. The third-order valence-electron chi connectivity index (χ3n) is 5.92. The van der Waals surface area contributed by atoms with Gasteiger partial charge in [-0.1, -0.05) is 54.6 Å². The second kappa shape index (κ2) is 8.66. The molecule has 0 amide bonds. The maximum absolute atomic E-state index is 10.6. The molecule has 4 nitrogen and oxygen atoms in total. The van der Waals surface area contributed by atoms with Gasteiger partial charge in [-0.25, -0.2) is 4.79 Å². The van der Waals surface area contributed by atoms with Crippen LogP contribution in [-0.4, -0.2) is 23.7 Å². The highest BCUT2D eigenvalue weighted by molar-refractivity contribution is 5.86. The summed E-state index contributed by atoms with van der Waals surface area (Å²) in [6.45, 7) is 1.95. The summed E-state index contributed by atoms with van der Waals surface area (Å²) in [6.07, 6.45) is 3.44. The Hall–Kier alpha value is -2.85. The number of fused-ring (bicyclic) bond motifs is 1. The predicted molar refractivity (Wildman–Crippen MR) is 115 cm³/mol. The Morgan fingerprint density at radius 2 is 1.83 bits per heavy atom. The van der Waals surface area contributed by atoms with Gasteiger partial charge in [0.2, 0.25) is 0 Å². The zero-order valence-electron chi connectivity index (χ0n) is 16.7. The van der Waals surface area contributed by atoms with E-state index in [4.69, 9.17) is 9.84 Å². The van der Waals surface area contributed by atoms with Crippen LogP contribution in [0.2, 0.25) is 0 Å². The van der Waals surface area contributed by atoms with Crippen LogP contribution in [0.5, 0.6) is 5.75 Å². The van der Waals surface area contributed by atoms with Gasteiger partial charge in [0.1, 0.15) is 5.75 Å². The molecule has 1 fully saturated rings. The number of hydrogen-bond donors (Lipinski definition) is 2. The van der Waals surface area contributed by atoms with E-state index >= 15 is 0 Å². The number of benzene rings is 3. The molecule has 1 saturated carbocycles. The van der Waals surface area contributed by atoms with Gasteiger partial charge < -0.3 is 15.2 Å². The Kier molecular flexibility index (Phi) is 5.81. The number of carboxylic acids is 1. The van der Waals surface area contributed by atoms with Crippen molar-refractivity contribution in [3.05, 3.63) is 77.9 Å². The Morgan fingerprint density at radius 1 is 1.07 bits per heavy atom. The number of ether oxygens (including phenoxy) is 1. The van der Waals surface area contributed by atoms with Crippen molar-refractivity contribution >= 4 is 16.7 Å². The van der Waals surface area contributed by atoms with Crippen LogP contribution in [0.4, 0.5) is 0 Å². The highest BCUT2D eigenvalue weighted by Gasteiger charge is 2.27. The largest absolute Gasteiger partial charge is 0.482 e. The first-order valence-corrected chi connectivity index (χ1v) is 10.3. The fraction of sp³-hybridized carbons (Fsp3) is 0.320. The smallest absolute Gasteiger partial charge is 0.341 e. The van der Waals surface area contributed by atoms with Crippen LogP contribution in [0.3, 0.4) is 0 Å². The summed E-state index contributed by atoms with van der Waals surface area (Å²) in [6, 6.07) is 23.8. The van der Waals surface area contributed by atoms with Gasteiger partial charge >= 0.3 is 5.97 Å². The van der Waals surface area contributed by atoms with Crippen LogP contribution in [0.15, 0.2) is 66.7 Å². The lowest BCUT2D eigenvalue weighted by molar-refractivity contribution is -0.139. The summed E-state index contributed by atoms with van der Waals surface area (Å²) in [7, 11) is 0. The van der Waals surface area contributed by atoms with Crippen molar-refractivity contribution in [3.8, 4) is 5.75 Å². The summed E-state index contributed by atoms with van der Waals surface area (Å²) >= 11 is 0. The van der Waals surface area contributed by atoms with Crippen molar-refractivity contribution in [2.24, 2.45) is 0 Å². The van der Waals surface area contributed by atoms with Crippen LogP contribution < -0.4 is 10.1 Å². The SMILES string of the molecule is C[C@@H](N[C@H]1CCC(c2ccc(OCC(=O)O)cc2)C1)c1cccc2ccccc12. The van der Waals surface area contributed by atoms with E-state index in [-0.39, 0.29) is 6.61 Å². The van der Waals surface area contributed by atoms with Gasteiger partial charge in [-0.05, 0) is 66.1 Å². The lowest BCUT2D eigenvalue weighted by atomic mass is 9.96. The molecule has 4 heteroatoms. The number of hydrogen-bond acceptors (Lipinski definition) is 3. The molecule has 1 unspecified atom stereocenters. The van der Waals surface area contributed by atoms with Crippen molar-refractivity contribution in [2.75, 3.05) is 6.61 Å². The molecule has 4 rings (SSSR count). The monoisotopic (exact) mass is 389 g/mol. The molecule has 3 aromatic carbocycles. The molecule has 0 spiro atoms. The topological polar surface area (TPSA) is 58.6 Å². The van der Waals surface area contributed by atoms with Gasteiger partial charge in [-0.3, -0.25) is 0 Å². The standard InChI is InChI=1S/C25H27NO3/c1-17(23-8-4-6-19-5-2-3-7-24(19)23)26-21-12-9-20(15-21)18-10-13-22(14-11-18)29-16-25(27)28/h2-8,10-11,13-14,17,20-21,26H,9,12,15-16H2,1H3,(H,27,28)/t17-,20?,21+/m1/s1. The first-order chi connectivity index (χ1) is 14.1. The van der Waals surface area contributed by atoms with E-state index in [9.17, 15) is 4.79 Å². The second-order valence-corrected chi connectivity index (χ2v) is 7.92. The fourth-order valence-corrected chi connectivity index (χ4v) is 4.49. The van der Waals surface area contributed by atoms with E-state index in [1.807, 2.05) is 12.1 Å². The fourth-order valence-electron chi connectivity index (χ4n) is 4.49. The van der Waals surface area contributed by atoms with Crippen LogP contribution >= 0.6 is 0 Å². The molecule has 150 valence electrons. The number of carboxylic acid groups (broad SMARTS) is 1. The van der Waals surface area contributed by atoms with E-state index in [0.29, 0.717) is 23.8 Å². The first-order valence-electron chi connectivity index (χ1n) is 10.3. The number of aliphatic carboxylic acids is 1. The molecule has 1 aliphatic rings. The number of nitrogens with one attached hydrogen (secondary N) is 1. The maximum atomic E-state index is 10.6. The molecule has 1 aliphatic carbocycles. The third-order valence-corrected chi connectivity index (χ3v) is 5.92. The van der Waals surface area contributed by atoms with E-state index in [1.165, 1.54) is 21.9 Å². The van der Waals surface area contributed by atoms with Crippen molar-refractivity contribution in [2.45, 2.75) is 44.2 Å². The molecule has 0 aliphatic heterocycles. The zero-order chi connectivity index (χ0) is 20.2. The van der Waals surface area contributed by atoms with E-state index in [2.05, 4.69) is 66.8 Å². The molecular weight excluding hydrogens is 362 g/mol. The van der Waals surface area contributed by atoms with Crippen molar-refractivity contribution in [3.63, 3.8) is 0 Å². The average molecular weight is 389 g/mol. The van der Waals surface area contributed by atoms with Crippen molar-refractivity contribution in [1.29, 1.82) is 0 Å². The minimum atomic E-state index is -0.959. The average Bonchev–Trinajstić information content (AvgIpc) is 3.20. The highest BCUT2D eigenvalue weighted by Crippen LogP contribution is 2.36. The van der Waals surface area contributed by atoms with Gasteiger partial charge in [0.05, 0.1) is 0 Å². The summed E-state index contributed by atoms with van der Waals surface area (Å²) in [4.78, 5) is 10.6. The molecule has 0 heterocycles. The Balaban J connectivity index is 1.38. The minimum absolute atomic E-state index is 0.302. The Labute approximate surface area is 171 Å². The minimum Gasteiger partial charge on any atom is -0.482 e. The zero-order valence-corrected chi connectivity index (χ0v) is 16.7. The van der Waals surface area contributed by atoms with E-state index < -0.39 is 5.97 Å². The van der Waals surface area contributed by atoms with Crippen LogP contribution in [0, 0.1) is 0 Å². The first kappa shape index (κ1) is 19.5.